The summed E-state index contributed by atoms with van der Waals surface area (Å²) in [6, 6.07) is 4.00. The van der Waals surface area contributed by atoms with Gasteiger partial charge in [0, 0.05) is 37.1 Å². The number of hydrogen-bond acceptors (Lipinski definition) is 7. The number of hydrogen-bond donors (Lipinski definition) is 2. The minimum Gasteiger partial charge on any atom is -0.480 e. The average molecular weight is 489 g/mol. The van der Waals surface area contributed by atoms with Crippen LogP contribution in [0.3, 0.4) is 0 Å². The standard InChI is InChI=1S/C22H22F3N7O3/c1-35-20-13(4-11(7-27-20)16-2-3-17-18(26)28-10-29-32(16)17)19(33)30-15-9-31(8-14(15)23)21(34)12-5-22(24,25)6-12/h2-4,7,10,12,14-15H,5-6,8-9H2,1H3,(H,30,33)(H2,26,28,29)/t14-,15+/m0/s1. The van der Waals surface area contributed by atoms with Crippen LogP contribution in [-0.4, -0.2) is 74.6 Å². The number of rotatable bonds is 5. The van der Waals surface area contributed by atoms with Crippen LogP contribution >= 0.6 is 0 Å². The monoisotopic (exact) mass is 489 g/mol. The van der Waals surface area contributed by atoms with Crippen molar-refractivity contribution in [2.45, 2.75) is 31.0 Å². The molecular formula is C22H22F3N7O3. The number of nitrogens with one attached hydrogen (secondary N) is 1. The fourth-order valence-electron chi connectivity index (χ4n) is 4.51. The number of nitrogens with zero attached hydrogens (tertiary/aromatic N) is 5. The normalized spacial score (nSPS) is 21.7. The number of methoxy groups -OCH3 is 1. The van der Waals surface area contributed by atoms with Crippen LogP contribution in [0.5, 0.6) is 5.88 Å². The Balaban J connectivity index is 1.34. The fraction of sp³-hybridized carbons (Fsp3) is 0.409. The second-order valence-electron chi connectivity index (χ2n) is 8.74. The van der Waals surface area contributed by atoms with Gasteiger partial charge in [0.15, 0.2) is 5.82 Å². The van der Waals surface area contributed by atoms with Crippen molar-refractivity contribution in [3.05, 3.63) is 36.3 Å². The number of nitrogens with two attached hydrogens (primary N) is 1. The third-order valence-corrected chi connectivity index (χ3v) is 6.38. The first-order chi connectivity index (χ1) is 16.7. The molecule has 4 heterocycles. The Morgan fingerprint density at radius 1 is 1.23 bits per heavy atom. The number of halogens is 3. The molecule has 0 spiro atoms. The number of fused-ring (bicyclic) bond motifs is 1. The van der Waals surface area contributed by atoms with Crippen molar-refractivity contribution in [2.75, 3.05) is 25.9 Å². The quantitative estimate of drug-likeness (QED) is 0.558. The zero-order valence-corrected chi connectivity index (χ0v) is 18.6. The summed E-state index contributed by atoms with van der Waals surface area (Å²) >= 11 is 0. The molecule has 0 radical (unpaired) electrons. The molecule has 2 aliphatic rings. The number of anilines is 1. The molecule has 184 valence electrons. The van der Waals surface area contributed by atoms with Crippen LogP contribution in [0.15, 0.2) is 30.7 Å². The third-order valence-electron chi connectivity index (χ3n) is 6.38. The Morgan fingerprint density at radius 2 is 2.00 bits per heavy atom. The van der Waals surface area contributed by atoms with Crippen molar-refractivity contribution >= 4 is 23.1 Å². The highest BCUT2D eigenvalue weighted by atomic mass is 19.3. The van der Waals surface area contributed by atoms with Gasteiger partial charge < -0.3 is 20.7 Å². The predicted octanol–water partition coefficient (Wildman–Crippen LogP) is 1.71. The van der Waals surface area contributed by atoms with Gasteiger partial charge in [0.2, 0.25) is 17.7 Å². The summed E-state index contributed by atoms with van der Waals surface area (Å²) in [5, 5.41) is 6.77. The molecule has 1 saturated heterocycles. The van der Waals surface area contributed by atoms with E-state index in [1.165, 1.54) is 30.6 Å². The SMILES string of the molecule is COc1ncc(-c2ccc3c(N)ncnn23)cc1C(=O)N[C@@H]1CN(C(=O)C2CC(F)(F)C2)C[C@@H]1F. The van der Waals surface area contributed by atoms with Gasteiger partial charge in [0.25, 0.3) is 5.91 Å². The minimum atomic E-state index is -2.85. The van der Waals surface area contributed by atoms with Gasteiger partial charge in [-0.1, -0.05) is 0 Å². The third kappa shape index (κ3) is 4.10. The Hall–Kier alpha value is -3.90. The van der Waals surface area contributed by atoms with Gasteiger partial charge in [0.05, 0.1) is 25.4 Å². The zero-order valence-electron chi connectivity index (χ0n) is 18.6. The molecule has 2 fully saturated rings. The van der Waals surface area contributed by atoms with Crippen LogP contribution in [0.1, 0.15) is 23.2 Å². The first-order valence-corrected chi connectivity index (χ1v) is 10.9. The van der Waals surface area contributed by atoms with Crippen molar-refractivity contribution in [2.24, 2.45) is 5.92 Å². The van der Waals surface area contributed by atoms with Gasteiger partial charge >= 0.3 is 0 Å². The van der Waals surface area contributed by atoms with E-state index in [9.17, 15) is 22.8 Å². The number of pyridine rings is 1. The van der Waals surface area contributed by atoms with E-state index >= 15 is 0 Å². The second-order valence-corrected chi connectivity index (χ2v) is 8.74. The van der Waals surface area contributed by atoms with Crippen LogP contribution in [0.25, 0.3) is 16.8 Å². The topological polar surface area (TPSA) is 128 Å². The highest BCUT2D eigenvalue weighted by Gasteiger charge is 2.51. The van der Waals surface area contributed by atoms with E-state index in [2.05, 4.69) is 20.4 Å². The number of aromatic nitrogens is 4. The van der Waals surface area contributed by atoms with E-state index in [-0.39, 0.29) is 30.4 Å². The molecule has 0 aromatic carbocycles. The molecule has 0 bridgehead atoms. The summed E-state index contributed by atoms with van der Waals surface area (Å²) in [5.41, 5.74) is 7.63. The Labute approximate surface area is 197 Å². The molecule has 35 heavy (non-hydrogen) atoms. The number of nitrogen functional groups attached to an aromatic ring is 1. The Bertz CT molecular complexity index is 1310. The molecule has 2 amide bonds. The molecule has 2 atom stereocenters. The summed E-state index contributed by atoms with van der Waals surface area (Å²) in [6.07, 6.45) is 0.196. The van der Waals surface area contributed by atoms with Crippen LogP contribution in [-0.2, 0) is 4.79 Å². The number of ether oxygens (including phenoxy) is 1. The summed E-state index contributed by atoms with van der Waals surface area (Å²) in [7, 11) is 1.35. The molecule has 1 aliphatic carbocycles. The van der Waals surface area contributed by atoms with Crippen LogP contribution in [0.4, 0.5) is 19.0 Å². The number of carbonyl (C=O) groups excluding carboxylic acids is 2. The number of likely N-dealkylation sites (tertiary alicyclic amines) is 1. The first-order valence-electron chi connectivity index (χ1n) is 10.9. The van der Waals surface area contributed by atoms with Crippen molar-refractivity contribution in [1.82, 2.24) is 29.8 Å². The van der Waals surface area contributed by atoms with Gasteiger partial charge in [-0.05, 0) is 18.2 Å². The highest BCUT2D eigenvalue weighted by molar-refractivity contribution is 5.98. The van der Waals surface area contributed by atoms with E-state index in [0.29, 0.717) is 16.8 Å². The average Bonchev–Trinajstić information content (AvgIpc) is 3.41. The molecule has 3 aromatic rings. The van der Waals surface area contributed by atoms with Crippen LogP contribution in [0.2, 0.25) is 0 Å². The number of carbonyl (C=O) groups is 2. The summed E-state index contributed by atoms with van der Waals surface area (Å²) in [6.45, 7) is -0.374. The summed E-state index contributed by atoms with van der Waals surface area (Å²) < 4.78 is 47.7. The van der Waals surface area contributed by atoms with Gasteiger partial charge in [-0.2, -0.15) is 5.10 Å². The smallest absolute Gasteiger partial charge is 0.257 e. The Morgan fingerprint density at radius 3 is 2.71 bits per heavy atom. The lowest BCUT2D eigenvalue weighted by Gasteiger charge is -2.36. The highest BCUT2D eigenvalue weighted by Crippen LogP contribution is 2.43. The van der Waals surface area contributed by atoms with E-state index in [0.717, 1.165) is 0 Å². The Kier molecular flexibility index (Phi) is 5.49. The maximum atomic E-state index is 14.7. The molecule has 0 unspecified atom stereocenters. The lowest BCUT2D eigenvalue weighted by Crippen LogP contribution is -2.47. The maximum absolute atomic E-state index is 14.7. The van der Waals surface area contributed by atoms with Crippen LogP contribution < -0.4 is 15.8 Å². The fourth-order valence-corrected chi connectivity index (χ4v) is 4.51. The lowest BCUT2D eigenvalue weighted by atomic mass is 9.80. The van der Waals surface area contributed by atoms with E-state index in [1.807, 2.05) is 0 Å². The van der Waals surface area contributed by atoms with Crippen LogP contribution in [0, 0.1) is 5.92 Å². The summed E-state index contributed by atoms with van der Waals surface area (Å²) in [4.78, 5) is 34.8. The van der Waals surface area contributed by atoms with Crippen molar-refractivity contribution in [3.8, 4) is 17.1 Å². The largest absolute Gasteiger partial charge is 0.480 e. The molecule has 1 aliphatic heterocycles. The molecule has 3 N–H and O–H groups in total. The van der Waals surface area contributed by atoms with Gasteiger partial charge in [-0.25, -0.2) is 27.7 Å². The molecule has 1 saturated carbocycles. The van der Waals surface area contributed by atoms with Crippen molar-refractivity contribution < 1.29 is 27.5 Å². The lowest BCUT2D eigenvalue weighted by molar-refractivity contribution is -0.159. The van der Waals surface area contributed by atoms with Crippen molar-refractivity contribution in [3.63, 3.8) is 0 Å². The van der Waals surface area contributed by atoms with Crippen molar-refractivity contribution in [1.29, 1.82) is 0 Å². The molecule has 5 rings (SSSR count). The maximum Gasteiger partial charge on any atom is 0.257 e. The van der Waals surface area contributed by atoms with E-state index in [1.54, 1.807) is 16.6 Å². The van der Waals surface area contributed by atoms with E-state index < -0.39 is 48.7 Å². The zero-order chi connectivity index (χ0) is 24.9. The first kappa shape index (κ1) is 22.9. The molecule has 10 nitrogen and oxygen atoms in total. The minimum absolute atomic E-state index is 0.0271. The van der Waals surface area contributed by atoms with Gasteiger partial charge in [-0.15, -0.1) is 0 Å². The second kappa shape index (κ2) is 8.40. The molecule has 13 heteroatoms. The predicted molar refractivity (Wildman–Crippen MR) is 118 cm³/mol. The number of amides is 2. The molecule has 3 aromatic heterocycles. The number of alkyl halides is 3. The molecular weight excluding hydrogens is 467 g/mol. The van der Waals surface area contributed by atoms with Gasteiger partial charge in [-0.3, -0.25) is 9.59 Å². The summed E-state index contributed by atoms with van der Waals surface area (Å²) in [5.74, 6) is -4.52. The van der Waals surface area contributed by atoms with Gasteiger partial charge in [0.1, 0.15) is 23.6 Å². The van der Waals surface area contributed by atoms with E-state index in [4.69, 9.17) is 10.5 Å².